The largest absolute Gasteiger partial charge is 0.330 e. The van der Waals surface area contributed by atoms with Gasteiger partial charge in [-0.15, -0.1) is 11.8 Å². The number of carbonyl (C=O) groups excluding carboxylic acids is 1. The van der Waals surface area contributed by atoms with E-state index in [9.17, 15) is 13.2 Å². The van der Waals surface area contributed by atoms with Crippen LogP contribution < -0.4 is 5.32 Å². The minimum Gasteiger partial charge on any atom is -0.330 e. The molecule has 0 aliphatic carbocycles. The molecular formula is C9H9NO3S2. The number of hydrogen-bond donors (Lipinski definition) is 1. The van der Waals surface area contributed by atoms with Gasteiger partial charge in [0.2, 0.25) is 15.7 Å². The summed E-state index contributed by atoms with van der Waals surface area (Å²) in [7, 11) is -3.44. The summed E-state index contributed by atoms with van der Waals surface area (Å²) in [6.45, 7) is 0. The molecule has 1 aliphatic rings. The van der Waals surface area contributed by atoms with Crippen LogP contribution in [0, 0.1) is 0 Å². The summed E-state index contributed by atoms with van der Waals surface area (Å²) in [5.41, 5.74) is 0. The van der Waals surface area contributed by atoms with Crippen molar-refractivity contribution in [2.24, 2.45) is 0 Å². The van der Waals surface area contributed by atoms with Crippen LogP contribution in [0.1, 0.15) is 0 Å². The molecule has 1 aliphatic heterocycles. The number of benzene rings is 1. The average Bonchev–Trinajstić information content (AvgIpc) is 2.67. The monoisotopic (exact) mass is 243 g/mol. The van der Waals surface area contributed by atoms with Crippen LogP contribution in [-0.2, 0) is 14.6 Å². The quantitative estimate of drug-likeness (QED) is 0.826. The van der Waals surface area contributed by atoms with E-state index < -0.39 is 14.5 Å². The lowest BCUT2D eigenvalue weighted by Crippen LogP contribution is -2.31. The fraction of sp³-hybridized carbons (Fsp3) is 0.222. The Hall–Kier alpha value is -1.01. The molecule has 6 heteroatoms. The summed E-state index contributed by atoms with van der Waals surface area (Å²) in [5, 5.41) is 2.43. The molecule has 1 amide bonds. The molecule has 1 unspecified atom stereocenters. The lowest BCUT2D eigenvalue weighted by Gasteiger charge is -2.10. The maximum atomic E-state index is 11.9. The van der Waals surface area contributed by atoms with Crippen LogP contribution >= 0.6 is 11.8 Å². The van der Waals surface area contributed by atoms with Gasteiger partial charge in [-0.05, 0) is 12.1 Å². The van der Waals surface area contributed by atoms with Crippen LogP contribution in [0.5, 0.6) is 0 Å². The zero-order valence-electron chi connectivity index (χ0n) is 7.71. The van der Waals surface area contributed by atoms with Crippen LogP contribution in [0.15, 0.2) is 35.2 Å². The van der Waals surface area contributed by atoms with Crippen molar-refractivity contribution in [3.05, 3.63) is 30.3 Å². The van der Waals surface area contributed by atoms with Gasteiger partial charge in [-0.1, -0.05) is 18.2 Å². The van der Waals surface area contributed by atoms with E-state index in [4.69, 9.17) is 0 Å². The molecule has 1 aromatic carbocycles. The lowest BCUT2D eigenvalue weighted by molar-refractivity contribution is -0.117. The van der Waals surface area contributed by atoms with Gasteiger partial charge >= 0.3 is 0 Å². The molecule has 0 radical (unpaired) electrons. The Morgan fingerprint density at radius 1 is 1.27 bits per heavy atom. The molecule has 0 bridgehead atoms. The van der Waals surface area contributed by atoms with Gasteiger partial charge in [0.15, 0.2) is 4.71 Å². The van der Waals surface area contributed by atoms with E-state index in [2.05, 4.69) is 5.32 Å². The van der Waals surface area contributed by atoms with Crippen molar-refractivity contribution >= 4 is 27.5 Å². The van der Waals surface area contributed by atoms with Crippen molar-refractivity contribution in [1.29, 1.82) is 0 Å². The zero-order valence-corrected chi connectivity index (χ0v) is 9.35. The van der Waals surface area contributed by atoms with Gasteiger partial charge in [0.1, 0.15) is 0 Å². The highest BCUT2D eigenvalue weighted by Crippen LogP contribution is 2.25. The fourth-order valence-corrected chi connectivity index (χ4v) is 4.19. The van der Waals surface area contributed by atoms with E-state index in [0.29, 0.717) is 0 Å². The molecule has 0 saturated carbocycles. The van der Waals surface area contributed by atoms with Crippen molar-refractivity contribution < 1.29 is 13.2 Å². The minimum absolute atomic E-state index is 0.205. The van der Waals surface area contributed by atoms with E-state index in [0.717, 1.165) is 11.8 Å². The van der Waals surface area contributed by atoms with Crippen molar-refractivity contribution in [1.82, 2.24) is 5.32 Å². The van der Waals surface area contributed by atoms with Crippen LogP contribution in [0.4, 0.5) is 0 Å². The van der Waals surface area contributed by atoms with Gasteiger partial charge in [0.05, 0.1) is 10.6 Å². The Kier molecular flexibility index (Phi) is 2.70. The van der Waals surface area contributed by atoms with Crippen LogP contribution in [0.3, 0.4) is 0 Å². The van der Waals surface area contributed by atoms with E-state index >= 15 is 0 Å². The van der Waals surface area contributed by atoms with Crippen molar-refractivity contribution in [3.8, 4) is 0 Å². The molecule has 1 fully saturated rings. The van der Waals surface area contributed by atoms with Crippen molar-refractivity contribution in [3.63, 3.8) is 0 Å². The number of hydrogen-bond acceptors (Lipinski definition) is 4. The highest BCUT2D eigenvalue weighted by Gasteiger charge is 2.34. The normalized spacial score (nSPS) is 21.3. The Morgan fingerprint density at radius 2 is 1.93 bits per heavy atom. The predicted octanol–water partition coefficient (Wildman–Crippen LogP) is 0.607. The lowest BCUT2D eigenvalue weighted by atomic mass is 10.4. The average molecular weight is 243 g/mol. The number of thioether (sulfide) groups is 1. The molecule has 1 N–H and O–H groups in total. The summed E-state index contributed by atoms with van der Waals surface area (Å²) < 4.78 is 23.0. The topological polar surface area (TPSA) is 63.2 Å². The molecule has 1 atom stereocenters. The molecule has 1 saturated heterocycles. The van der Waals surface area contributed by atoms with Crippen LogP contribution in [0.25, 0.3) is 0 Å². The first-order valence-electron chi connectivity index (χ1n) is 4.30. The number of carbonyl (C=O) groups is 1. The van der Waals surface area contributed by atoms with Crippen LogP contribution in [-0.4, -0.2) is 24.8 Å². The molecule has 4 nitrogen and oxygen atoms in total. The van der Waals surface area contributed by atoms with Crippen molar-refractivity contribution in [2.45, 2.75) is 9.60 Å². The Bertz CT molecular complexity index is 469. The Morgan fingerprint density at radius 3 is 2.47 bits per heavy atom. The van der Waals surface area contributed by atoms with E-state index in [1.807, 2.05) is 0 Å². The molecular weight excluding hydrogens is 234 g/mol. The highest BCUT2D eigenvalue weighted by atomic mass is 32.3. The summed E-state index contributed by atoms with van der Waals surface area (Å²) in [6.07, 6.45) is 0. The molecule has 0 aromatic heterocycles. The minimum atomic E-state index is -3.44. The Balaban J connectivity index is 2.32. The van der Waals surface area contributed by atoms with Gasteiger partial charge in [-0.3, -0.25) is 4.79 Å². The molecule has 2 rings (SSSR count). The highest BCUT2D eigenvalue weighted by molar-refractivity contribution is 8.14. The molecule has 1 aromatic rings. The molecule has 1 heterocycles. The maximum Gasteiger partial charge on any atom is 0.231 e. The van der Waals surface area contributed by atoms with Gasteiger partial charge < -0.3 is 5.32 Å². The van der Waals surface area contributed by atoms with Gasteiger partial charge in [0, 0.05) is 0 Å². The summed E-state index contributed by atoms with van der Waals surface area (Å²) in [5.74, 6) is -0.0268. The standard InChI is InChI=1S/C9H9NO3S2/c11-8-6-14-9(10-8)15(12,13)7-4-2-1-3-5-7/h1-5,9H,6H2,(H,10,11). The van der Waals surface area contributed by atoms with Crippen LogP contribution in [0.2, 0.25) is 0 Å². The van der Waals surface area contributed by atoms with Gasteiger partial charge in [-0.25, -0.2) is 8.42 Å². The molecule has 80 valence electrons. The third-order valence-electron chi connectivity index (χ3n) is 2.00. The van der Waals surface area contributed by atoms with Gasteiger partial charge in [0.25, 0.3) is 0 Å². The third kappa shape index (κ3) is 2.00. The summed E-state index contributed by atoms with van der Waals surface area (Å²) >= 11 is 1.10. The second kappa shape index (κ2) is 3.86. The first kappa shape index (κ1) is 10.5. The Labute approximate surface area is 92.0 Å². The predicted molar refractivity (Wildman–Crippen MR) is 58.0 cm³/mol. The van der Waals surface area contributed by atoms with Crippen molar-refractivity contribution in [2.75, 3.05) is 5.75 Å². The maximum absolute atomic E-state index is 11.9. The summed E-state index contributed by atoms with van der Waals surface area (Å²) in [4.78, 5) is 11.2. The first-order valence-corrected chi connectivity index (χ1v) is 6.90. The van der Waals surface area contributed by atoms with E-state index in [1.165, 1.54) is 12.1 Å². The molecule has 0 spiro atoms. The number of rotatable bonds is 2. The third-order valence-corrected chi connectivity index (χ3v) is 5.63. The second-order valence-electron chi connectivity index (χ2n) is 3.07. The van der Waals surface area contributed by atoms with Gasteiger partial charge in [-0.2, -0.15) is 0 Å². The number of sulfone groups is 1. The van der Waals surface area contributed by atoms with E-state index in [-0.39, 0.29) is 16.6 Å². The number of amides is 1. The zero-order chi connectivity index (χ0) is 10.9. The molecule has 15 heavy (non-hydrogen) atoms. The SMILES string of the molecule is O=C1CSC(S(=O)(=O)c2ccccc2)N1. The number of nitrogens with one attached hydrogen (secondary N) is 1. The summed E-state index contributed by atoms with van der Waals surface area (Å²) in [6, 6.07) is 8.13. The van der Waals surface area contributed by atoms with E-state index in [1.54, 1.807) is 18.2 Å². The fourth-order valence-electron chi connectivity index (χ4n) is 1.27. The second-order valence-corrected chi connectivity index (χ2v) is 6.49. The first-order chi connectivity index (χ1) is 7.10. The smallest absolute Gasteiger partial charge is 0.231 e.